The van der Waals surface area contributed by atoms with E-state index in [2.05, 4.69) is 36.9 Å². The maximum atomic E-state index is 5.91. The summed E-state index contributed by atoms with van der Waals surface area (Å²) in [4.78, 5) is 0. The van der Waals surface area contributed by atoms with E-state index in [0.717, 1.165) is 12.3 Å². The van der Waals surface area contributed by atoms with E-state index in [1.54, 1.807) is 10.4 Å². The molecule has 1 atom stereocenters. The van der Waals surface area contributed by atoms with Crippen molar-refractivity contribution in [3.05, 3.63) is 42.1 Å². The molecule has 0 aromatic heterocycles. The van der Waals surface area contributed by atoms with Gasteiger partial charge in [-0.3, -0.25) is 0 Å². The summed E-state index contributed by atoms with van der Waals surface area (Å²) in [6, 6.07) is 13.8. The second-order valence-corrected chi connectivity index (χ2v) is 9.88. The quantitative estimate of drug-likeness (QED) is 0.563. The molecule has 1 aliphatic rings. The summed E-state index contributed by atoms with van der Waals surface area (Å²) in [5, 5.41) is 3.13. The summed E-state index contributed by atoms with van der Waals surface area (Å²) in [5.41, 5.74) is 0. The highest BCUT2D eigenvalue weighted by Crippen LogP contribution is 2.35. The topological polar surface area (TPSA) is 0 Å². The van der Waals surface area contributed by atoms with E-state index in [4.69, 9.17) is 11.6 Å². The second-order valence-electron chi connectivity index (χ2n) is 5.05. The van der Waals surface area contributed by atoms with E-state index in [1.807, 2.05) is 0 Å². The lowest BCUT2D eigenvalue weighted by atomic mass is 10.2. The van der Waals surface area contributed by atoms with Gasteiger partial charge in [0.1, 0.15) is 8.07 Å². The molecule has 1 aromatic carbocycles. The lowest BCUT2D eigenvalue weighted by Gasteiger charge is -2.38. The molecule has 2 heteroatoms. The molecule has 0 amide bonds. The van der Waals surface area contributed by atoms with Crippen LogP contribution in [0, 0.1) is 0 Å². The van der Waals surface area contributed by atoms with E-state index < -0.39 is 8.07 Å². The minimum Gasteiger partial charge on any atom is -0.127 e. The highest BCUT2D eigenvalue weighted by Gasteiger charge is 2.38. The average molecular weight is 265 g/mol. The van der Waals surface area contributed by atoms with Crippen LogP contribution in [0.15, 0.2) is 42.1 Å². The van der Waals surface area contributed by atoms with Gasteiger partial charge in [0.05, 0.1) is 0 Å². The van der Waals surface area contributed by atoms with Crippen LogP contribution >= 0.6 is 11.6 Å². The van der Waals surface area contributed by atoms with Crippen LogP contribution in [-0.4, -0.2) is 14.0 Å². The Morgan fingerprint density at radius 3 is 2.59 bits per heavy atom. The molecule has 0 radical (unpaired) electrons. The first-order chi connectivity index (χ1) is 8.29. The molecule has 1 fully saturated rings. The second kappa shape index (κ2) is 5.88. The predicted molar refractivity (Wildman–Crippen MR) is 79.8 cm³/mol. The third kappa shape index (κ3) is 2.66. The summed E-state index contributed by atoms with van der Waals surface area (Å²) in [6.07, 6.45) is 5.09. The monoisotopic (exact) mass is 264 g/mol. The molecular formula is C15H21ClSi. The summed E-state index contributed by atoms with van der Waals surface area (Å²) in [5.74, 6) is 0.787. The van der Waals surface area contributed by atoms with Crippen LogP contribution in [0.25, 0.3) is 0 Å². The first-order valence-corrected chi connectivity index (χ1v) is 9.54. The molecule has 0 N–H and O–H groups in total. The molecule has 1 unspecified atom stereocenters. The molecular weight excluding hydrogens is 244 g/mol. The number of rotatable bonds is 4. The van der Waals surface area contributed by atoms with Crippen molar-refractivity contribution in [1.29, 1.82) is 0 Å². The van der Waals surface area contributed by atoms with Crippen LogP contribution < -0.4 is 5.19 Å². The fourth-order valence-corrected chi connectivity index (χ4v) is 8.52. The lowest BCUT2D eigenvalue weighted by molar-refractivity contribution is 0.756. The smallest absolute Gasteiger partial charge is 0.112 e. The van der Waals surface area contributed by atoms with Crippen molar-refractivity contribution in [2.24, 2.45) is 0 Å². The standard InChI is InChI=1S/C15H21ClSi/c1-14-8-5-6-12-17(14,13-7-11-16)15-9-3-2-4-10-15/h2-4,9-10H,1,5-8,11-13H2. The van der Waals surface area contributed by atoms with E-state index >= 15 is 0 Å². The Morgan fingerprint density at radius 1 is 1.18 bits per heavy atom. The number of allylic oxidation sites excluding steroid dienone is 1. The largest absolute Gasteiger partial charge is 0.127 e. The minimum atomic E-state index is -1.46. The Bertz CT molecular complexity index is 374. The molecule has 2 rings (SSSR count). The maximum Gasteiger partial charge on any atom is 0.112 e. The minimum absolute atomic E-state index is 0.787. The van der Waals surface area contributed by atoms with Crippen LogP contribution in [0.4, 0.5) is 0 Å². The Hall–Kier alpha value is -0.533. The Kier molecular flexibility index (Phi) is 4.46. The molecule has 1 aliphatic heterocycles. The molecule has 0 nitrogen and oxygen atoms in total. The molecule has 92 valence electrons. The SMILES string of the molecule is C=C1CCCC[Si]1(CCCCl)c1ccccc1. The van der Waals surface area contributed by atoms with Gasteiger partial charge in [0, 0.05) is 5.88 Å². The maximum absolute atomic E-state index is 5.91. The molecule has 1 saturated heterocycles. The summed E-state index contributed by atoms with van der Waals surface area (Å²) < 4.78 is 0. The van der Waals surface area contributed by atoms with Gasteiger partial charge in [-0.05, 0) is 24.9 Å². The normalized spacial score (nSPS) is 24.9. The third-order valence-corrected chi connectivity index (χ3v) is 9.80. The van der Waals surface area contributed by atoms with E-state index in [-0.39, 0.29) is 0 Å². The molecule has 0 saturated carbocycles. The fraction of sp³-hybridized carbons (Fsp3) is 0.467. The highest BCUT2D eigenvalue weighted by molar-refractivity contribution is 6.97. The Morgan fingerprint density at radius 2 is 1.94 bits per heavy atom. The van der Waals surface area contributed by atoms with E-state index in [0.29, 0.717) is 0 Å². The van der Waals surface area contributed by atoms with Crippen molar-refractivity contribution in [1.82, 2.24) is 0 Å². The van der Waals surface area contributed by atoms with Gasteiger partial charge in [0.25, 0.3) is 0 Å². The van der Waals surface area contributed by atoms with Gasteiger partial charge < -0.3 is 0 Å². The van der Waals surface area contributed by atoms with Gasteiger partial charge in [0.15, 0.2) is 0 Å². The molecule has 0 aliphatic carbocycles. The van der Waals surface area contributed by atoms with Gasteiger partial charge in [0.2, 0.25) is 0 Å². The molecule has 0 spiro atoms. The zero-order valence-electron chi connectivity index (χ0n) is 10.4. The van der Waals surface area contributed by atoms with Crippen LogP contribution in [0.5, 0.6) is 0 Å². The van der Waals surface area contributed by atoms with Crippen LogP contribution in [0.1, 0.15) is 25.7 Å². The van der Waals surface area contributed by atoms with Gasteiger partial charge in [-0.1, -0.05) is 53.6 Å². The fourth-order valence-electron chi connectivity index (χ4n) is 3.10. The number of alkyl halides is 1. The zero-order valence-corrected chi connectivity index (χ0v) is 12.2. The zero-order chi connectivity index (χ0) is 12.1. The summed E-state index contributed by atoms with van der Waals surface area (Å²) in [7, 11) is -1.46. The van der Waals surface area contributed by atoms with E-state index in [1.165, 1.54) is 31.4 Å². The summed E-state index contributed by atoms with van der Waals surface area (Å²) in [6.45, 7) is 4.42. The highest BCUT2D eigenvalue weighted by atomic mass is 35.5. The summed E-state index contributed by atoms with van der Waals surface area (Å²) >= 11 is 5.91. The van der Waals surface area contributed by atoms with Crippen molar-refractivity contribution in [3.63, 3.8) is 0 Å². The lowest BCUT2D eigenvalue weighted by Crippen LogP contribution is -2.51. The predicted octanol–water partition coefficient (Wildman–Crippen LogP) is 4.25. The Labute approximate surface area is 111 Å². The average Bonchev–Trinajstić information content (AvgIpc) is 2.39. The van der Waals surface area contributed by atoms with Crippen LogP contribution in [0.2, 0.25) is 12.1 Å². The van der Waals surface area contributed by atoms with Crippen molar-refractivity contribution in [3.8, 4) is 0 Å². The van der Waals surface area contributed by atoms with Gasteiger partial charge in [-0.25, -0.2) is 0 Å². The molecule has 0 bridgehead atoms. The van der Waals surface area contributed by atoms with Gasteiger partial charge in [-0.2, -0.15) is 0 Å². The van der Waals surface area contributed by atoms with Crippen molar-refractivity contribution in [2.45, 2.75) is 37.8 Å². The molecule has 1 heterocycles. The number of hydrogen-bond donors (Lipinski definition) is 0. The molecule has 1 aromatic rings. The molecule has 17 heavy (non-hydrogen) atoms. The number of hydrogen-bond acceptors (Lipinski definition) is 0. The van der Waals surface area contributed by atoms with Crippen molar-refractivity contribution >= 4 is 24.9 Å². The van der Waals surface area contributed by atoms with E-state index in [9.17, 15) is 0 Å². The number of benzene rings is 1. The van der Waals surface area contributed by atoms with Gasteiger partial charge >= 0.3 is 0 Å². The first-order valence-electron chi connectivity index (χ1n) is 6.59. The third-order valence-electron chi connectivity index (χ3n) is 4.07. The Balaban J connectivity index is 2.32. The van der Waals surface area contributed by atoms with Crippen molar-refractivity contribution < 1.29 is 0 Å². The van der Waals surface area contributed by atoms with Crippen LogP contribution in [-0.2, 0) is 0 Å². The first kappa shape index (κ1) is 12.9. The van der Waals surface area contributed by atoms with Gasteiger partial charge in [-0.15, -0.1) is 18.2 Å². The van der Waals surface area contributed by atoms with Crippen LogP contribution in [0.3, 0.4) is 0 Å². The number of halogens is 1. The van der Waals surface area contributed by atoms with Crippen molar-refractivity contribution in [2.75, 3.05) is 5.88 Å².